The molecule has 0 aliphatic heterocycles. The van der Waals surface area contributed by atoms with Crippen molar-refractivity contribution in [2.24, 2.45) is 0 Å². The lowest BCUT2D eigenvalue weighted by Crippen LogP contribution is -1.90. The SMILES string of the molecule is CC/C=C\CCCCCCCC/C=C\CCCC.CCCCOOC. The zero-order valence-electron chi connectivity index (χ0n) is 17.7. The summed E-state index contributed by atoms with van der Waals surface area (Å²) in [6.45, 7) is 7.28. The van der Waals surface area contributed by atoms with Crippen LogP contribution in [0.1, 0.15) is 111 Å². The molecular formula is C23H46O2. The largest absolute Gasteiger partial charge is 0.240 e. The smallest absolute Gasteiger partial charge is 0.0822 e. The highest BCUT2D eigenvalue weighted by Gasteiger charge is 1.90. The molecule has 0 rings (SSSR count). The fraction of sp³-hybridized carbons (Fsp3) is 0.826. The molecule has 0 bridgehead atoms. The predicted molar refractivity (Wildman–Crippen MR) is 113 cm³/mol. The minimum atomic E-state index is 0.715. The topological polar surface area (TPSA) is 18.5 Å². The lowest BCUT2D eigenvalue weighted by atomic mass is 10.1. The second kappa shape index (κ2) is 28.2. The molecule has 0 aromatic heterocycles. The third kappa shape index (κ3) is 31.7. The van der Waals surface area contributed by atoms with Crippen LogP contribution in [-0.4, -0.2) is 13.7 Å². The van der Waals surface area contributed by atoms with Crippen molar-refractivity contribution in [1.82, 2.24) is 0 Å². The van der Waals surface area contributed by atoms with Crippen LogP contribution in [0.2, 0.25) is 0 Å². The maximum Gasteiger partial charge on any atom is 0.0822 e. The molecule has 0 heterocycles. The summed E-state index contributed by atoms with van der Waals surface area (Å²) in [6, 6.07) is 0. The van der Waals surface area contributed by atoms with Gasteiger partial charge in [0.2, 0.25) is 0 Å². The first kappa shape index (κ1) is 26.6. The van der Waals surface area contributed by atoms with Gasteiger partial charge >= 0.3 is 0 Å². The maximum absolute atomic E-state index is 4.57. The Labute approximate surface area is 159 Å². The van der Waals surface area contributed by atoms with Crippen LogP contribution >= 0.6 is 0 Å². The van der Waals surface area contributed by atoms with Crippen molar-refractivity contribution in [2.45, 2.75) is 111 Å². The van der Waals surface area contributed by atoms with Crippen LogP contribution in [0, 0.1) is 0 Å². The van der Waals surface area contributed by atoms with Gasteiger partial charge in [-0.2, -0.15) is 0 Å². The van der Waals surface area contributed by atoms with Gasteiger partial charge in [-0.25, -0.2) is 9.78 Å². The van der Waals surface area contributed by atoms with E-state index < -0.39 is 0 Å². The van der Waals surface area contributed by atoms with Gasteiger partial charge in [0.05, 0.1) is 13.7 Å². The molecule has 0 spiro atoms. The minimum Gasteiger partial charge on any atom is -0.240 e. The molecule has 0 aliphatic rings. The molecule has 0 saturated heterocycles. The van der Waals surface area contributed by atoms with Gasteiger partial charge in [-0.3, -0.25) is 0 Å². The molecule has 2 heteroatoms. The Balaban J connectivity index is 0. The van der Waals surface area contributed by atoms with Crippen molar-refractivity contribution in [1.29, 1.82) is 0 Å². The van der Waals surface area contributed by atoms with Gasteiger partial charge in [-0.15, -0.1) is 0 Å². The summed E-state index contributed by atoms with van der Waals surface area (Å²) in [4.78, 5) is 8.92. The van der Waals surface area contributed by atoms with E-state index in [2.05, 4.69) is 54.9 Å². The van der Waals surface area contributed by atoms with Gasteiger partial charge < -0.3 is 0 Å². The van der Waals surface area contributed by atoms with Crippen LogP contribution in [0.15, 0.2) is 24.3 Å². The van der Waals surface area contributed by atoms with E-state index in [-0.39, 0.29) is 0 Å². The van der Waals surface area contributed by atoms with Crippen molar-refractivity contribution >= 4 is 0 Å². The second-order valence-corrected chi connectivity index (χ2v) is 6.53. The molecule has 0 atom stereocenters. The van der Waals surface area contributed by atoms with Crippen LogP contribution in [-0.2, 0) is 9.78 Å². The first-order valence-electron chi connectivity index (χ1n) is 10.8. The Morgan fingerprint density at radius 3 is 1.52 bits per heavy atom. The van der Waals surface area contributed by atoms with Gasteiger partial charge in [0.25, 0.3) is 0 Å². The van der Waals surface area contributed by atoms with Crippen LogP contribution in [0.3, 0.4) is 0 Å². The molecule has 150 valence electrons. The Kier molecular flexibility index (Phi) is 30.0. The van der Waals surface area contributed by atoms with Crippen LogP contribution in [0.25, 0.3) is 0 Å². The first-order valence-corrected chi connectivity index (χ1v) is 10.8. The van der Waals surface area contributed by atoms with Crippen molar-refractivity contribution in [3.05, 3.63) is 24.3 Å². The molecule has 0 fully saturated rings. The summed E-state index contributed by atoms with van der Waals surface area (Å²) in [6.07, 6.45) is 27.8. The Morgan fingerprint density at radius 2 is 1.04 bits per heavy atom. The normalized spacial score (nSPS) is 11.2. The van der Waals surface area contributed by atoms with Crippen LogP contribution < -0.4 is 0 Å². The van der Waals surface area contributed by atoms with E-state index in [1.807, 2.05) is 0 Å². The van der Waals surface area contributed by atoms with Gasteiger partial charge in [-0.05, 0) is 44.9 Å². The summed E-state index contributed by atoms with van der Waals surface area (Å²) in [7, 11) is 1.52. The molecular weight excluding hydrogens is 308 g/mol. The number of rotatable bonds is 17. The molecule has 0 radical (unpaired) electrons. The van der Waals surface area contributed by atoms with Gasteiger partial charge in [0.1, 0.15) is 0 Å². The van der Waals surface area contributed by atoms with Crippen molar-refractivity contribution in [3.8, 4) is 0 Å². The molecule has 25 heavy (non-hydrogen) atoms. The van der Waals surface area contributed by atoms with E-state index in [0.717, 1.165) is 12.8 Å². The third-order valence-electron chi connectivity index (χ3n) is 3.98. The maximum atomic E-state index is 4.57. The van der Waals surface area contributed by atoms with E-state index >= 15 is 0 Å². The molecule has 0 unspecified atom stereocenters. The standard InChI is InChI=1S/C18H34.C5H12O2/c1-3-5-7-9-11-13-15-17-18-16-14-12-10-8-6-4-2;1-3-4-5-7-6-2/h5,7,10,12H,3-4,6,8-9,11,13-18H2,1-2H3;3-5H2,1-2H3/b7-5-,12-10-;. The number of hydrogen-bond acceptors (Lipinski definition) is 2. The van der Waals surface area contributed by atoms with E-state index in [1.54, 1.807) is 0 Å². The van der Waals surface area contributed by atoms with Gasteiger partial charge in [0, 0.05) is 0 Å². The average Bonchev–Trinajstić information content (AvgIpc) is 2.63. The summed E-state index contributed by atoms with van der Waals surface area (Å²) in [5.41, 5.74) is 0. The second-order valence-electron chi connectivity index (χ2n) is 6.53. The highest BCUT2D eigenvalue weighted by Crippen LogP contribution is 2.09. The number of unbranched alkanes of at least 4 members (excludes halogenated alkanes) is 10. The monoisotopic (exact) mass is 354 g/mol. The number of hydrogen-bond donors (Lipinski definition) is 0. The van der Waals surface area contributed by atoms with Gasteiger partial charge in [-0.1, -0.05) is 90.0 Å². The van der Waals surface area contributed by atoms with Crippen LogP contribution in [0.4, 0.5) is 0 Å². The van der Waals surface area contributed by atoms with Crippen molar-refractivity contribution in [2.75, 3.05) is 13.7 Å². The first-order chi connectivity index (χ1) is 12.3. The zero-order chi connectivity index (χ0) is 18.8. The summed E-state index contributed by atoms with van der Waals surface area (Å²) in [5.74, 6) is 0. The van der Waals surface area contributed by atoms with Crippen LogP contribution in [0.5, 0.6) is 0 Å². The fourth-order valence-electron chi connectivity index (χ4n) is 2.36. The zero-order valence-corrected chi connectivity index (χ0v) is 17.7. The summed E-state index contributed by atoms with van der Waals surface area (Å²) < 4.78 is 0. The molecule has 2 nitrogen and oxygen atoms in total. The quantitative estimate of drug-likeness (QED) is 0.113. The molecule has 0 aromatic rings. The Hall–Kier alpha value is -0.600. The Bertz CT molecular complexity index is 255. The lowest BCUT2D eigenvalue weighted by molar-refractivity contribution is -0.272. The lowest BCUT2D eigenvalue weighted by Gasteiger charge is -1.99. The minimum absolute atomic E-state index is 0.715. The summed E-state index contributed by atoms with van der Waals surface area (Å²) >= 11 is 0. The Morgan fingerprint density at radius 1 is 0.560 bits per heavy atom. The van der Waals surface area contributed by atoms with E-state index in [4.69, 9.17) is 0 Å². The third-order valence-corrected chi connectivity index (χ3v) is 3.98. The van der Waals surface area contributed by atoms with E-state index in [0.29, 0.717) is 6.61 Å². The molecule has 0 aliphatic carbocycles. The van der Waals surface area contributed by atoms with E-state index in [9.17, 15) is 0 Å². The predicted octanol–water partition coefficient (Wildman–Crippen LogP) is 8.18. The highest BCUT2D eigenvalue weighted by atomic mass is 17.2. The van der Waals surface area contributed by atoms with Crippen molar-refractivity contribution < 1.29 is 9.78 Å². The number of allylic oxidation sites excluding steroid dienone is 4. The molecule has 0 saturated carbocycles. The molecule has 0 N–H and O–H groups in total. The fourth-order valence-corrected chi connectivity index (χ4v) is 2.36. The molecule has 0 amide bonds. The average molecular weight is 355 g/mol. The summed E-state index contributed by atoms with van der Waals surface area (Å²) in [5, 5.41) is 0. The van der Waals surface area contributed by atoms with E-state index in [1.165, 1.54) is 84.2 Å². The van der Waals surface area contributed by atoms with Crippen molar-refractivity contribution in [3.63, 3.8) is 0 Å². The van der Waals surface area contributed by atoms with Gasteiger partial charge in [0.15, 0.2) is 0 Å². The molecule has 0 aromatic carbocycles. The highest BCUT2D eigenvalue weighted by molar-refractivity contribution is 4.81.